The zero-order chi connectivity index (χ0) is 16.7. The van der Waals surface area contributed by atoms with Gasteiger partial charge in [0.05, 0.1) is 28.0 Å². The Morgan fingerprint density at radius 1 is 1.35 bits per heavy atom. The fourth-order valence-corrected chi connectivity index (χ4v) is 3.11. The fraction of sp³-hybridized carbons (Fsp3) is 0.438. The molecule has 2 aromatic heterocycles. The van der Waals surface area contributed by atoms with Gasteiger partial charge in [0.2, 0.25) is 0 Å². The Balaban J connectivity index is 1.73. The molecular weight excluding hydrogens is 314 g/mol. The van der Waals surface area contributed by atoms with Crippen LogP contribution in [0.1, 0.15) is 33.3 Å². The van der Waals surface area contributed by atoms with Crippen molar-refractivity contribution in [3.05, 3.63) is 41.1 Å². The molecule has 122 valence electrons. The smallest absolute Gasteiger partial charge is 0.398 e. The molecule has 0 aliphatic carbocycles. The molecule has 0 amide bonds. The van der Waals surface area contributed by atoms with Crippen LogP contribution in [0, 0.1) is 0 Å². The van der Waals surface area contributed by atoms with Crippen molar-refractivity contribution in [2.24, 2.45) is 0 Å². The van der Waals surface area contributed by atoms with Crippen LogP contribution in [0.25, 0.3) is 10.6 Å². The molecule has 0 radical (unpaired) electrons. The maximum absolute atomic E-state index is 14.4. The van der Waals surface area contributed by atoms with Crippen molar-refractivity contribution in [3.8, 4) is 10.6 Å². The molecule has 0 saturated carbocycles. The predicted molar refractivity (Wildman–Crippen MR) is 90.9 cm³/mol. The molecule has 0 unspecified atom stereocenters. The molecular formula is C16H20BFN2O2S. The van der Waals surface area contributed by atoms with E-state index in [4.69, 9.17) is 9.31 Å². The lowest BCUT2D eigenvalue weighted by molar-refractivity contribution is 0.00578. The first kappa shape index (κ1) is 16.4. The number of H-pyrrole nitrogens is 1. The van der Waals surface area contributed by atoms with E-state index in [-0.39, 0.29) is 0 Å². The number of hydrogen-bond acceptors (Lipinski definition) is 4. The number of allylic oxidation sites excluding steroid dienone is 1. The highest BCUT2D eigenvalue weighted by Gasteiger charge is 2.52. The maximum Gasteiger partial charge on any atom is 0.524 e. The molecule has 0 bridgehead atoms. The molecule has 23 heavy (non-hydrogen) atoms. The summed E-state index contributed by atoms with van der Waals surface area (Å²) in [5.74, 6) is 0. The average molecular weight is 334 g/mol. The molecule has 3 heterocycles. The van der Waals surface area contributed by atoms with Gasteiger partial charge in [0.25, 0.3) is 0 Å². The Hall–Kier alpha value is -1.44. The van der Waals surface area contributed by atoms with Gasteiger partial charge in [-0.15, -0.1) is 11.3 Å². The SMILES string of the molecule is CC1(C)OB(C(F)=CCc2cn[nH]c2-c2cccs2)OC1(C)C. The molecule has 2 aromatic rings. The Kier molecular flexibility index (Phi) is 4.20. The van der Waals surface area contributed by atoms with Crippen LogP contribution >= 0.6 is 11.3 Å². The summed E-state index contributed by atoms with van der Waals surface area (Å²) in [7, 11) is -0.947. The van der Waals surface area contributed by atoms with Crippen LogP contribution in [0.15, 0.2) is 35.5 Å². The van der Waals surface area contributed by atoms with Gasteiger partial charge in [-0.1, -0.05) is 12.1 Å². The summed E-state index contributed by atoms with van der Waals surface area (Å²) in [4.78, 5) is 1.09. The van der Waals surface area contributed by atoms with Crippen molar-refractivity contribution in [1.29, 1.82) is 0 Å². The number of rotatable bonds is 4. The second kappa shape index (κ2) is 5.89. The first-order chi connectivity index (χ1) is 10.8. The topological polar surface area (TPSA) is 47.1 Å². The maximum atomic E-state index is 14.4. The standard InChI is InChI=1S/C16H20BFN2O2S/c1-15(2)16(3,4)22-17(21-15)13(18)8-7-11-10-19-20-14(11)12-6-5-9-23-12/h5-6,8-10H,7H2,1-4H3,(H,19,20). The number of nitrogens with zero attached hydrogens (tertiary/aromatic N) is 1. The lowest BCUT2D eigenvalue weighted by atomic mass is 9.87. The quantitative estimate of drug-likeness (QED) is 0.854. The van der Waals surface area contributed by atoms with Gasteiger partial charge in [0, 0.05) is 5.56 Å². The van der Waals surface area contributed by atoms with Gasteiger partial charge in [-0.05, 0) is 45.6 Å². The third-order valence-corrected chi connectivity index (χ3v) is 5.37. The Morgan fingerprint density at radius 2 is 2.04 bits per heavy atom. The van der Waals surface area contributed by atoms with Gasteiger partial charge < -0.3 is 9.31 Å². The summed E-state index contributed by atoms with van der Waals surface area (Å²) in [5, 5.41) is 9.04. The van der Waals surface area contributed by atoms with Crippen molar-refractivity contribution >= 4 is 18.5 Å². The number of aromatic amines is 1. The zero-order valence-corrected chi connectivity index (χ0v) is 14.5. The third-order valence-electron chi connectivity index (χ3n) is 4.48. The van der Waals surface area contributed by atoms with E-state index in [0.29, 0.717) is 6.42 Å². The molecule has 0 aromatic carbocycles. The minimum absolute atomic E-state index is 0.401. The normalized spacial score (nSPS) is 20.2. The number of aromatic nitrogens is 2. The summed E-state index contributed by atoms with van der Waals surface area (Å²) in [6, 6.07) is 3.99. The molecule has 1 N–H and O–H groups in total. The van der Waals surface area contributed by atoms with Gasteiger partial charge in [0.15, 0.2) is 0 Å². The van der Waals surface area contributed by atoms with Gasteiger partial charge in [-0.25, -0.2) is 4.39 Å². The summed E-state index contributed by atoms with van der Waals surface area (Å²) in [6.45, 7) is 7.63. The lowest BCUT2D eigenvalue weighted by Crippen LogP contribution is -2.41. The monoisotopic (exact) mass is 334 g/mol. The van der Waals surface area contributed by atoms with Gasteiger partial charge >= 0.3 is 7.12 Å². The molecule has 1 fully saturated rings. The van der Waals surface area contributed by atoms with E-state index in [1.54, 1.807) is 17.5 Å². The van der Waals surface area contributed by atoms with Crippen LogP contribution in [-0.2, 0) is 15.7 Å². The first-order valence-electron chi connectivity index (χ1n) is 7.57. The molecule has 0 spiro atoms. The predicted octanol–water partition coefficient (Wildman–Crippen LogP) is 4.17. The summed E-state index contributed by atoms with van der Waals surface area (Å²) in [5.41, 5.74) is 0.389. The lowest BCUT2D eigenvalue weighted by Gasteiger charge is -2.32. The number of nitrogens with one attached hydrogen (secondary N) is 1. The molecule has 0 atom stereocenters. The van der Waals surface area contributed by atoms with Crippen LogP contribution in [0.3, 0.4) is 0 Å². The Bertz CT molecular complexity index is 693. The van der Waals surface area contributed by atoms with E-state index in [9.17, 15) is 4.39 Å². The summed E-state index contributed by atoms with van der Waals surface area (Å²) >= 11 is 1.62. The van der Waals surface area contributed by atoms with Gasteiger partial charge in [-0.3, -0.25) is 5.10 Å². The van der Waals surface area contributed by atoms with Gasteiger partial charge in [0.1, 0.15) is 5.73 Å². The van der Waals surface area contributed by atoms with E-state index in [2.05, 4.69) is 10.2 Å². The highest BCUT2D eigenvalue weighted by molar-refractivity contribution is 7.13. The van der Waals surface area contributed by atoms with Crippen molar-refractivity contribution < 1.29 is 13.7 Å². The van der Waals surface area contributed by atoms with Crippen LogP contribution in [-0.4, -0.2) is 28.5 Å². The molecule has 1 saturated heterocycles. The second-order valence-electron chi connectivity index (χ2n) is 6.63. The second-order valence-corrected chi connectivity index (χ2v) is 7.58. The Morgan fingerprint density at radius 3 is 2.65 bits per heavy atom. The van der Waals surface area contributed by atoms with E-state index in [1.165, 1.54) is 6.08 Å². The number of halogens is 1. The summed E-state index contributed by atoms with van der Waals surface area (Å²) in [6.07, 6.45) is 3.66. The molecule has 7 heteroatoms. The highest BCUT2D eigenvalue weighted by atomic mass is 32.1. The van der Waals surface area contributed by atoms with Crippen LogP contribution < -0.4 is 0 Å². The first-order valence-corrected chi connectivity index (χ1v) is 8.45. The molecule has 1 aliphatic heterocycles. The molecule has 4 nitrogen and oxygen atoms in total. The minimum atomic E-state index is -0.947. The van der Waals surface area contributed by atoms with Crippen molar-refractivity contribution in [1.82, 2.24) is 10.2 Å². The Labute approximate surface area is 139 Å². The number of hydrogen-bond donors (Lipinski definition) is 1. The van der Waals surface area contributed by atoms with E-state index in [0.717, 1.165) is 16.1 Å². The fourth-order valence-electron chi connectivity index (χ4n) is 2.36. The molecule has 3 rings (SSSR count). The highest BCUT2D eigenvalue weighted by Crippen LogP contribution is 2.38. The minimum Gasteiger partial charge on any atom is -0.398 e. The zero-order valence-electron chi connectivity index (χ0n) is 13.7. The van der Waals surface area contributed by atoms with Crippen molar-refractivity contribution in [2.75, 3.05) is 0 Å². The van der Waals surface area contributed by atoms with E-state index >= 15 is 0 Å². The number of thiophene rings is 1. The van der Waals surface area contributed by atoms with E-state index < -0.39 is 24.0 Å². The van der Waals surface area contributed by atoms with Crippen molar-refractivity contribution in [3.63, 3.8) is 0 Å². The van der Waals surface area contributed by atoms with Crippen molar-refractivity contribution in [2.45, 2.75) is 45.3 Å². The van der Waals surface area contributed by atoms with Crippen LogP contribution in [0.5, 0.6) is 0 Å². The summed E-state index contributed by atoms with van der Waals surface area (Å²) < 4.78 is 25.9. The largest absolute Gasteiger partial charge is 0.524 e. The average Bonchev–Trinajstić information content (AvgIpc) is 3.16. The molecule has 1 aliphatic rings. The van der Waals surface area contributed by atoms with Crippen LogP contribution in [0.4, 0.5) is 4.39 Å². The van der Waals surface area contributed by atoms with E-state index in [1.807, 2.05) is 45.2 Å². The third kappa shape index (κ3) is 3.13. The van der Waals surface area contributed by atoms with Gasteiger partial charge in [-0.2, -0.15) is 5.10 Å². The van der Waals surface area contributed by atoms with Crippen LogP contribution in [0.2, 0.25) is 0 Å².